The Balaban J connectivity index is 1.87. The molecule has 0 saturated heterocycles. The van der Waals surface area contributed by atoms with Gasteiger partial charge in [0, 0.05) is 43.7 Å². The van der Waals surface area contributed by atoms with Gasteiger partial charge in [-0.15, -0.1) is 0 Å². The summed E-state index contributed by atoms with van der Waals surface area (Å²) < 4.78 is 4.22. The number of nitrogens with two attached hydrogens (primary N) is 1. The molecule has 0 saturated carbocycles. The van der Waals surface area contributed by atoms with E-state index in [1.54, 1.807) is 0 Å². The number of fused-ring (bicyclic) bond motifs is 1. The van der Waals surface area contributed by atoms with E-state index in [0.29, 0.717) is 0 Å². The second kappa shape index (κ2) is 4.59. The minimum Gasteiger partial charge on any atom is -0.353 e. The molecule has 2 aromatic heterocycles. The van der Waals surface area contributed by atoms with Crippen molar-refractivity contribution in [2.75, 3.05) is 0 Å². The van der Waals surface area contributed by atoms with Gasteiger partial charge < -0.3 is 14.9 Å². The van der Waals surface area contributed by atoms with Crippen molar-refractivity contribution in [2.24, 2.45) is 19.8 Å². The van der Waals surface area contributed by atoms with E-state index in [-0.39, 0.29) is 6.04 Å². The Morgan fingerprint density at radius 1 is 1.05 bits per heavy atom. The van der Waals surface area contributed by atoms with Crippen molar-refractivity contribution in [1.29, 1.82) is 0 Å². The highest BCUT2D eigenvalue weighted by atomic mass is 14.9. The molecule has 0 aliphatic rings. The summed E-state index contributed by atoms with van der Waals surface area (Å²) in [6.07, 6.45) is 4.99. The molecule has 0 bridgehead atoms. The van der Waals surface area contributed by atoms with E-state index in [9.17, 15) is 0 Å². The molecule has 3 aromatic rings. The van der Waals surface area contributed by atoms with Crippen molar-refractivity contribution in [3.05, 3.63) is 60.0 Å². The summed E-state index contributed by atoms with van der Waals surface area (Å²) in [5, 5.41) is 1.28. The molecule has 1 unspecified atom stereocenters. The summed E-state index contributed by atoms with van der Waals surface area (Å²) in [7, 11) is 4.10. The molecule has 2 heterocycles. The van der Waals surface area contributed by atoms with Crippen molar-refractivity contribution in [3.8, 4) is 0 Å². The Morgan fingerprint density at radius 2 is 1.89 bits per heavy atom. The highest BCUT2D eigenvalue weighted by molar-refractivity contribution is 5.80. The number of hydrogen-bond acceptors (Lipinski definition) is 1. The zero-order chi connectivity index (χ0) is 13.4. The van der Waals surface area contributed by atoms with Gasteiger partial charge in [0.15, 0.2) is 0 Å². The van der Waals surface area contributed by atoms with Crippen molar-refractivity contribution in [1.82, 2.24) is 9.13 Å². The maximum Gasteiger partial charge on any atom is 0.0490 e. The summed E-state index contributed by atoms with van der Waals surface area (Å²) in [5.74, 6) is 0. The Morgan fingerprint density at radius 3 is 2.63 bits per heavy atom. The maximum atomic E-state index is 6.30. The van der Waals surface area contributed by atoms with Gasteiger partial charge in [-0.25, -0.2) is 0 Å². The van der Waals surface area contributed by atoms with Gasteiger partial charge in [0.05, 0.1) is 0 Å². The van der Waals surface area contributed by atoms with Crippen LogP contribution in [0.15, 0.2) is 48.8 Å². The number of nitrogens with zero attached hydrogens (tertiary/aromatic N) is 2. The molecule has 2 N–H and O–H groups in total. The van der Waals surface area contributed by atoms with Crippen LogP contribution in [-0.4, -0.2) is 9.13 Å². The maximum absolute atomic E-state index is 6.30. The SMILES string of the molecule is Cn1cccc1C(N)Cc1ccc2c(ccn2C)c1. The summed E-state index contributed by atoms with van der Waals surface area (Å²) >= 11 is 0. The standard InChI is InChI=1S/C16H19N3/c1-18-8-3-4-16(18)14(17)11-12-5-6-15-13(10-12)7-9-19(15)2/h3-10,14H,11,17H2,1-2H3. The number of aromatic nitrogens is 2. The molecule has 1 aromatic carbocycles. The molecule has 3 heteroatoms. The minimum absolute atomic E-state index is 0.0427. The van der Waals surface area contributed by atoms with E-state index in [2.05, 4.69) is 52.7 Å². The van der Waals surface area contributed by atoms with Gasteiger partial charge in [-0.2, -0.15) is 0 Å². The van der Waals surface area contributed by atoms with Crippen LogP contribution in [0, 0.1) is 0 Å². The van der Waals surface area contributed by atoms with Crippen molar-refractivity contribution in [2.45, 2.75) is 12.5 Å². The van der Waals surface area contributed by atoms with Crippen LogP contribution in [0.5, 0.6) is 0 Å². The average molecular weight is 253 g/mol. The Bertz CT molecular complexity index is 706. The molecule has 1 atom stereocenters. The van der Waals surface area contributed by atoms with Crippen molar-refractivity contribution in [3.63, 3.8) is 0 Å². The van der Waals surface area contributed by atoms with Crippen LogP contribution >= 0.6 is 0 Å². The highest BCUT2D eigenvalue weighted by Crippen LogP contribution is 2.21. The van der Waals surface area contributed by atoms with Gasteiger partial charge in [0.1, 0.15) is 0 Å². The lowest BCUT2D eigenvalue weighted by atomic mass is 10.0. The van der Waals surface area contributed by atoms with Crippen LogP contribution in [-0.2, 0) is 20.5 Å². The van der Waals surface area contributed by atoms with E-state index in [0.717, 1.165) is 6.42 Å². The summed E-state index contributed by atoms with van der Waals surface area (Å²) in [6.45, 7) is 0. The molecule has 0 radical (unpaired) electrons. The quantitative estimate of drug-likeness (QED) is 0.765. The molecular weight excluding hydrogens is 234 g/mol. The third-order valence-corrected chi connectivity index (χ3v) is 3.77. The van der Waals surface area contributed by atoms with Crippen LogP contribution in [0.4, 0.5) is 0 Å². The van der Waals surface area contributed by atoms with Crippen molar-refractivity contribution < 1.29 is 0 Å². The van der Waals surface area contributed by atoms with Gasteiger partial charge in [-0.1, -0.05) is 6.07 Å². The molecular formula is C16H19N3. The predicted octanol–water partition coefficient (Wildman–Crippen LogP) is 2.76. The van der Waals surface area contributed by atoms with Crippen LogP contribution < -0.4 is 5.73 Å². The largest absolute Gasteiger partial charge is 0.353 e. The second-order valence-corrected chi connectivity index (χ2v) is 5.17. The molecule has 0 aliphatic heterocycles. The first-order chi connectivity index (χ1) is 9.15. The van der Waals surface area contributed by atoms with Gasteiger partial charge in [-0.05, 0) is 47.7 Å². The summed E-state index contributed by atoms with van der Waals surface area (Å²) in [5.41, 5.74) is 10.0. The first-order valence-corrected chi connectivity index (χ1v) is 6.56. The lowest BCUT2D eigenvalue weighted by Crippen LogP contribution is -2.16. The smallest absolute Gasteiger partial charge is 0.0490 e. The van der Waals surface area contributed by atoms with E-state index >= 15 is 0 Å². The van der Waals surface area contributed by atoms with Gasteiger partial charge >= 0.3 is 0 Å². The van der Waals surface area contributed by atoms with E-state index in [4.69, 9.17) is 5.73 Å². The summed E-state index contributed by atoms with van der Waals surface area (Å²) in [6, 6.07) is 12.9. The fourth-order valence-electron chi connectivity index (χ4n) is 2.68. The van der Waals surface area contributed by atoms with E-state index in [1.807, 2.05) is 19.3 Å². The molecule has 0 amide bonds. The Kier molecular flexibility index (Phi) is 2.91. The third kappa shape index (κ3) is 2.17. The lowest BCUT2D eigenvalue weighted by Gasteiger charge is -2.13. The van der Waals surface area contributed by atoms with Crippen LogP contribution in [0.2, 0.25) is 0 Å². The number of hydrogen-bond donors (Lipinski definition) is 1. The predicted molar refractivity (Wildman–Crippen MR) is 79.0 cm³/mol. The van der Waals surface area contributed by atoms with E-state index < -0.39 is 0 Å². The van der Waals surface area contributed by atoms with Crippen molar-refractivity contribution >= 4 is 10.9 Å². The van der Waals surface area contributed by atoms with Gasteiger partial charge in [-0.3, -0.25) is 0 Å². The fourth-order valence-corrected chi connectivity index (χ4v) is 2.68. The zero-order valence-corrected chi connectivity index (χ0v) is 11.4. The van der Waals surface area contributed by atoms with Crippen LogP contribution in [0.25, 0.3) is 10.9 Å². The monoisotopic (exact) mass is 253 g/mol. The molecule has 19 heavy (non-hydrogen) atoms. The lowest BCUT2D eigenvalue weighted by molar-refractivity contribution is 0.656. The summed E-state index contributed by atoms with van der Waals surface area (Å²) in [4.78, 5) is 0. The van der Waals surface area contributed by atoms with Crippen LogP contribution in [0.3, 0.4) is 0 Å². The first-order valence-electron chi connectivity index (χ1n) is 6.56. The minimum atomic E-state index is 0.0427. The fraction of sp³-hybridized carbons (Fsp3) is 0.250. The highest BCUT2D eigenvalue weighted by Gasteiger charge is 2.10. The van der Waals surface area contributed by atoms with E-state index in [1.165, 1.54) is 22.2 Å². The number of rotatable bonds is 3. The zero-order valence-electron chi connectivity index (χ0n) is 11.4. The van der Waals surface area contributed by atoms with Gasteiger partial charge in [0.25, 0.3) is 0 Å². The molecule has 3 nitrogen and oxygen atoms in total. The third-order valence-electron chi connectivity index (χ3n) is 3.77. The first kappa shape index (κ1) is 12.1. The molecule has 0 fully saturated rings. The Labute approximate surface area is 113 Å². The van der Waals surface area contributed by atoms with Gasteiger partial charge in [0.2, 0.25) is 0 Å². The average Bonchev–Trinajstić information content (AvgIpc) is 2.96. The Hall–Kier alpha value is -2.00. The molecule has 98 valence electrons. The normalized spacial score (nSPS) is 13.0. The molecule has 0 spiro atoms. The number of aryl methyl sites for hydroxylation is 2. The molecule has 3 rings (SSSR count). The van der Waals surface area contributed by atoms with Crippen LogP contribution in [0.1, 0.15) is 17.3 Å². The molecule has 0 aliphatic carbocycles. The topological polar surface area (TPSA) is 35.9 Å². The second-order valence-electron chi connectivity index (χ2n) is 5.17. The number of benzene rings is 1.